The van der Waals surface area contributed by atoms with Gasteiger partial charge in [0, 0.05) is 5.56 Å². The maximum absolute atomic E-state index is 11.7. The van der Waals surface area contributed by atoms with Gasteiger partial charge in [0.05, 0.1) is 29.8 Å². The second kappa shape index (κ2) is 6.54. The van der Waals surface area contributed by atoms with Crippen LogP contribution in [0, 0.1) is 6.92 Å². The summed E-state index contributed by atoms with van der Waals surface area (Å²) in [6.07, 6.45) is 0. The summed E-state index contributed by atoms with van der Waals surface area (Å²) >= 11 is 12.8. The molecule has 0 unspecified atom stereocenters. The van der Waals surface area contributed by atoms with Crippen molar-refractivity contribution in [3.8, 4) is 23.0 Å². The zero-order valence-electron chi connectivity index (χ0n) is 13.8. The van der Waals surface area contributed by atoms with Crippen molar-refractivity contribution < 1.29 is 17.9 Å². The van der Waals surface area contributed by atoms with Gasteiger partial charge in [0.1, 0.15) is 0 Å². The van der Waals surface area contributed by atoms with Crippen molar-refractivity contribution in [2.24, 2.45) is 5.14 Å². The van der Waals surface area contributed by atoms with E-state index in [2.05, 4.69) is 15.1 Å². The lowest BCUT2D eigenvalue weighted by molar-refractivity contribution is 0.344. The zero-order valence-corrected chi connectivity index (χ0v) is 16.1. The Kier molecular flexibility index (Phi) is 4.69. The molecule has 0 amide bonds. The molecular weight excluding hydrogens is 405 g/mol. The minimum absolute atomic E-state index is 0.0529. The lowest BCUT2D eigenvalue weighted by atomic mass is 10.0. The molecular formula is C14H13Cl2N5O4S. The predicted octanol–water partition coefficient (Wildman–Crippen LogP) is 2.07. The molecule has 0 fully saturated rings. The third-order valence-electron chi connectivity index (χ3n) is 3.57. The number of aromatic nitrogens is 4. The van der Waals surface area contributed by atoms with E-state index < -0.39 is 15.2 Å². The number of nitrogens with two attached hydrogens (primary N) is 1. The van der Waals surface area contributed by atoms with Crippen LogP contribution in [0.15, 0.2) is 17.3 Å². The maximum atomic E-state index is 11.7. The highest BCUT2D eigenvalue weighted by atomic mass is 35.5. The number of methoxy groups -OCH3 is 2. The van der Waals surface area contributed by atoms with Gasteiger partial charge in [-0.05, 0) is 18.6 Å². The summed E-state index contributed by atoms with van der Waals surface area (Å²) in [7, 11) is -1.45. The predicted molar refractivity (Wildman–Crippen MR) is 95.5 cm³/mol. The highest BCUT2D eigenvalue weighted by Gasteiger charge is 2.27. The maximum Gasteiger partial charge on any atom is 0.322 e. The summed E-state index contributed by atoms with van der Waals surface area (Å²) in [6, 6.07) is 3.34. The lowest BCUT2D eigenvalue weighted by Gasteiger charge is -2.14. The summed E-state index contributed by atoms with van der Waals surface area (Å²) < 4.78 is 34.9. The molecule has 0 saturated carbocycles. The molecule has 138 valence electrons. The smallest absolute Gasteiger partial charge is 0.322 e. The van der Waals surface area contributed by atoms with E-state index in [0.717, 1.165) is 10.1 Å². The van der Waals surface area contributed by atoms with Crippen molar-refractivity contribution in [1.82, 2.24) is 19.6 Å². The number of hydrogen-bond acceptors (Lipinski definition) is 7. The first-order valence-corrected chi connectivity index (χ1v) is 9.35. The summed E-state index contributed by atoms with van der Waals surface area (Å²) in [6.45, 7) is 1.79. The molecule has 2 heterocycles. The Morgan fingerprint density at radius 1 is 1.12 bits per heavy atom. The number of fused-ring (bicyclic) bond motifs is 1. The van der Waals surface area contributed by atoms with Gasteiger partial charge in [0.25, 0.3) is 15.2 Å². The Bertz CT molecular complexity index is 1130. The number of rotatable bonds is 4. The van der Waals surface area contributed by atoms with Crippen LogP contribution in [0.2, 0.25) is 10.0 Å². The van der Waals surface area contributed by atoms with Crippen LogP contribution >= 0.6 is 23.2 Å². The average Bonchev–Trinajstić information content (AvgIpc) is 3.04. The number of benzene rings is 1. The largest absolute Gasteiger partial charge is 0.480 e. The van der Waals surface area contributed by atoms with Crippen molar-refractivity contribution in [2.45, 2.75) is 12.1 Å². The molecule has 26 heavy (non-hydrogen) atoms. The molecule has 0 aliphatic carbocycles. The number of aryl methyl sites for hydroxylation is 1. The van der Waals surface area contributed by atoms with Crippen molar-refractivity contribution in [1.29, 1.82) is 0 Å². The topological polar surface area (TPSA) is 122 Å². The molecule has 0 atom stereocenters. The fraction of sp³-hybridized carbons (Fsp3) is 0.214. The number of nitrogens with zero attached hydrogens (tertiary/aromatic N) is 4. The molecule has 9 nitrogen and oxygen atoms in total. The Hall–Kier alpha value is -2.14. The minimum atomic E-state index is -4.17. The molecule has 2 aromatic heterocycles. The van der Waals surface area contributed by atoms with Crippen LogP contribution in [0.25, 0.3) is 16.8 Å². The summed E-state index contributed by atoms with van der Waals surface area (Å²) in [5.41, 5.74) is 1.44. The van der Waals surface area contributed by atoms with Crippen LogP contribution in [-0.2, 0) is 10.0 Å². The number of hydrogen-bond donors (Lipinski definition) is 1. The third-order valence-corrected chi connectivity index (χ3v) is 5.05. The summed E-state index contributed by atoms with van der Waals surface area (Å²) in [4.78, 5) is 8.20. The van der Waals surface area contributed by atoms with Crippen molar-refractivity contribution in [3.05, 3.63) is 27.7 Å². The Labute approximate surface area is 158 Å². The van der Waals surface area contributed by atoms with Crippen molar-refractivity contribution in [3.63, 3.8) is 0 Å². The van der Waals surface area contributed by atoms with E-state index in [0.29, 0.717) is 15.6 Å². The quantitative estimate of drug-likeness (QED) is 0.688. The second-order valence-corrected chi connectivity index (χ2v) is 7.45. The van der Waals surface area contributed by atoms with Crippen LogP contribution in [-0.4, -0.2) is 42.2 Å². The highest BCUT2D eigenvalue weighted by Crippen LogP contribution is 2.43. The van der Waals surface area contributed by atoms with E-state index in [1.807, 2.05) is 0 Å². The fourth-order valence-corrected chi connectivity index (χ4v) is 3.35. The van der Waals surface area contributed by atoms with Gasteiger partial charge in [-0.1, -0.05) is 29.3 Å². The van der Waals surface area contributed by atoms with E-state index in [1.165, 1.54) is 14.2 Å². The Balaban J connectivity index is 2.53. The van der Waals surface area contributed by atoms with Crippen LogP contribution in [0.3, 0.4) is 0 Å². The minimum Gasteiger partial charge on any atom is -0.480 e. The van der Waals surface area contributed by atoms with Gasteiger partial charge in [-0.25, -0.2) is 13.6 Å². The number of primary sulfonamides is 1. The Morgan fingerprint density at radius 2 is 1.81 bits per heavy atom. The molecule has 2 N–H and O–H groups in total. The zero-order chi connectivity index (χ0) is 19.2. The average molecular weight is 418 g/mol. The third kappa shape index (κ3) is 2.94. The van der Waals surface area contributed by atoms with Gasteiger partial charge in [0.2, 0.25) is 5.88 Å². The van der Waals surface area contributed by atoms with E-state index in [9.17, 15) is 8.42 Å². The standard InChI is InChI=1S/C14H13Cl2N5O4S/c1-6-4-5-7(15)8(10(6)16)9-11-18-13(26(17,22)23)20-21(11)14(25-3)19-12(9)24-2/h4-5H,1-3H3,(H2,17,22,23). The van der Waals surface area contributed by atoms with E-state index in [1.54, 1.807) is 19.1 Å². The molecule has 0 bridgehead atoms. The first-order chi connectivity index (χ1) is 12.2. The first kappa shape index (κ1) is 18.6. The number of ether oxygens (including phenoxy) is 2. The highest BCUT2D eigenvalue weighted by molar-refractivity contribution is 7.89. The van der Waals surface area contributed by atoms with Crippen molar-refractivity contribution in [2.75, 3.05) is 14.2 Å². The second-order valence-electron chi connectivity index (χ2n) is 5.21. The molecule has 0 aliphatic heterocycles. The fourth-order valence-electron chi connectivity index (χ4n) is 2.38. The lowest BCUT2D eigenvalue weighted by Crippen LogP contribution is -2.14. The molecule has 0 saturated heterocycles. The van der Waals surface area contributed by atoms with Crippen LogP contribution in [0.5, 0.6) is 11.9 Å². The monoisotopic (exact) mass is 417 g/mol. The van der Waals surface area contributed by atoms with E-state index in [4.69, 9.17) is 37.8 Å². The van der Waals surface area contributed by atoms with E-state index in [-0.39, 0.29) is 23.1 Å². The van der Waals surface area contributed by atoms with Gasteiger partial charge < -0.3 is 9.47 Å². The first-order valence-electron chi connectivity index (χ1n) is 7.05. The van der Waals surface area contributed by atoms with Gasteiger partial charge in [-0.3, -0.25) is 0 Å². The molecule has 0 radical (unpaired) electrons. The summed E-state index contributed by atoms with van der Waals surface area (Å²) in [5, 5.41) is 9.04. The molecule has 0 spiro atoms. The van der Waals surface area contributed by atoms with Crippen LogP contribution in [0.4, 0.5) is 0 Å². The molecule has 12 heteroatoms. The van der Waals surface area contributed by atoms with Gasteiger partial charge in [-0.2, -0.15) is 14.5 Å². The molecule has 1 aromatic carbocycles. The molecule has 0 aliphatic rings. The van der Waals surface area contributed by atoms with Gasteiger partial charge in [0.15, 0.2) is 5.65 Å². The normalized spacial score (nSPS) is 11.8. The summed E-state index contributed by atoms with van der Waals surface area (Å²) in [5.74, 6) is 0.0807. The Morgan fingerprint density at radius 3 is 2.38 bits per heavy atom. The van der Waals surface area contributed by atoms with Crippen LogP contribution in [0.1, 0.15) is 5.56 Å². The molecule has 3 rings (SSSR count). The van der Waals surface area contributed by atoms with Gasteiger partial charge in [-0.15, -0.1) is 5.10 Å². The number of sulfonamides is 1. The van der Waals surface area contributed by atoms with E-state index >= 15 is 0 Å². The number of halogens is 2. The van der Waals surface area contributed by atoms with Crippen molar-refractivity contribution >= 4 is 38.9 Å². The van der Waals surface area contributed by atoms with Gasteiger partial charge >= 0.3 is 6.01 Å². The van der Waals surface area contributed by atoms with Crippen LogP contribution < -0.4 is 14.6 Å². The SMILES string of the molecule is COc1nc(OC)n2nc(S(N)(=O)=O)nc2c1-c1c(Cl)ccc(C)c1Cl. The molecule has 3 aromatic rings.